The summed E-state index contributed by atoms with van der Waals surface area (Å²) in [6, 6.07) is 6.57. The molecular formula is C15H18N4O4. The molecule has 8 nitrogen and oxygen atoms in total. The summed E-state index contributed by atoms with van der Waals surface area (Å²) in [7, 11) is 0. The Labute approximate surface area is 132 Å². The quantitative estimate of drug-likeness (QED) is 0.617. The molecule has 0 saturated heterocycles. The number of aromatic amines is 1. The summed E-state index contributed by atoms with van der Waals surface area (Å²) in [4.78, 5) is 27.0. The molecule has 1 atom stereocenters. The van der Waals surface area contributed by atoms with Crippen LogP contribution in [0.4, 0.5) is 0 Å². The number of aliphatic hydroxyl groups is 1. The number of carbonyl (C=O) groups is 2. The molecule has 2 rings (SSSR count). The lowest BCUT2D eigenvalue weighted by Gasteiger charge is -2.18. The molecule has 0 radical (unpaired) electrons. The molecular weight excluding hydrogens is 300 g/mol. The van der Waals surface area contributed by atoms with Crippen molar-refractivity contribution in [3.63, 3.8) is 0 Å². The number of hydrogen-bond donors (Lipinski definition) is 4. The van der Waals surface area contributed by atoms with Gasteiger partial charge < -0.3 is 15.5 Å². The van der Waals surface area contributed by atoms with Crippen LogP contribution >= 0.6 is 0 Å². The largest absolute Gasteiger partial charge is 0.479 e. The number of aliphatic carboxylic acids is 1. The van der Waals surface area contributed by atoms with Gasteiger partial charge in [-0.25, -0.2) is 9.78 Å². The van der Waals surface area contributed by atoms with Crippen LogP contribution in [0.1, 0.15) is 30.0 Å². The topological polar surface area (TPSA) is 128 Å². The number of carboxylic acid groups (broad SMARTS) is 1. The van der Waals surface area contributed by atoms with Crippen LogP contribution < -0.4 is 5.32 Å². The molecule has 1 amide bonds. The highest BCUT2D eigenvalue weighted by molar-refractivity contribution is 5.95. The zero-order valence-corrected chi connectivity index (χ0v) is 12.8. The van der Waals surface area contributed by atoms with Crippen molar-refractivity contribution in [2.24, 2.45) is 0 Å². The van der Waals surface area contributed by atoms with Gasteiger partial charge in [-0.05, 0) is 19.1 Å². The van der Waals surface area contributed by atoms with Crippen molar-refractivity contribution in [1.82, 2.24) is 20.5 Å². The molecule has 122 valence electrons. The van der Waals surface area contributed by atoms with E-state index in [1.807, 2.05) is 6.92 Å². The van der Waals surface area contributed by atoms with Gasteiger partial charge in [-0.15, -0.1) is 0 Å². The number of aryl methyl sites for hydroxylation is 1. The van der Waals surface area contributed by atoms with Crippen LogP contribution in [-0.2, 0) is 11.2 Å². The third-order valence-corrected chi connectivity index (χ3v) is 3.33. The zero-order valence-electron chi connectivity index (χ0n) is 12.8. The molecule has 1 heterocycles. The summed E-state index contributed by atoms with van der Waals surface area (Å²) < 4.78 is 0. The van der Waals surface area contributed by atoms with E-state index >= 15 is 0 Å². The molecule has 0 aliphatic carbocycles. The number of amides is 1. The van der Waals surface area contributed by atoms with Gasteiger partial charge >= 0.3 is 5.97 Å². The number of benzene rings is 1. The van der Waals surface area contributed by atoms with Gasteiger partial charge in [-0.3, -0.25) is 9.89 Å². The second-order valence-electron chi connectivity index (χ2n) is 5.30. The molecule has 0 fully saturated rings. The highest BCUT2D eigenvalue weighted by Crippen LogP contribution is 2.15. The summed E-state index contributed by atoms with van der Waals surface area (Å²) >= 11 is 0. The second-order valence-corrected chi connectivity index (χ2v) is 5.30. The number of carbonyl (C=O) groups excluding carboxylic acids is 1. The first-order valence-electron chi connectivity index (χ1n) is 7.09. The number of carboxylic acids is 1. The van der Waals surface area contributed by atoms with Crippen LogP contribution in [0, 0.1) is 0 Å². The van der Waals surface area contributed by atoms with E-state index in [-0.39, 0.29) is 6.54 Å². The first kappa shape index (κ1) is 16.6. The van der Waals surface area contributed by atoms with E-state index in [9.17, 15) is 14.7 Å². The lowest BCUT2D eigenvalue weighted by molar-refractivity contribution is -0.155. The molecule has 0 saturated carbocycles. The number of hydrogen-bond acceptors (Lipinski definition) is 5. The first-order valence-corrected chi connectivity index (χ1v) is 7.09. The van der Waals surface area contributed by atoms with Crippen LogP contribution in [0.15, 0.2) is 24.3 Å². The van der Waals surface area contributed by atoms with Gasteiger partial charge in [0.2, 0.25) is 0 Å². The molecule has 1 aromatic heterocycles. The minimum absolute atomic E-state index is 0.348. The van der Waals surface area contributed by atoms with E-state index in [1.54, 1.807) is 24.3 Å². The Morgan fingerprint density at radius 3 is 2.48 bits per heavy atom. The van der Waals surface area contributed by atoms with E-state index in [0.717, 1.165) is 24.7 Å². The van der Waals surface area contributed by atoms with E-state index < -0.39 is 17.5 Å². The van der Waals surface area contributed by atoms with Gasteiger partial charge in [-0.2, -0.15) is 5.10 Å². The highest BCUT2D eigenvalue weighted by Gasteiger charge is 2.30. The van der Waals surface area contributed by atoms with Gasteiger partial charge in [0, 0.05) is 17.5 Å². The smallest absolute Gasteiger partial charge is 0.337 e. The Morgan fingerprint density at radius 2 is 1.96 bits per heavy atom. The molecule has 4 N–H and O–H groups in total. The highest BCUT2D eigenvalue weighted by atomic mass is 16.4. The lowest BCUT2D eigenvalue weighted by Crippen LogP contribution is -2.46. The van der Waals surface area contributed by atoms with Crippen molar-refractivity contribution in [2.75, 3.05) is 6.54 Å². The number of nitrogens with zero attached hydrogens (tertiary/aromatic N) is 2. The van der Waals surface area contributed by atoms with Crippen LogP contribution in [0.3, 0.4) is 0 Å². The maximum atomic E-state index is 12.0. The van der Waals surface area contributed by atoms with E-state index in [1.165, 1.54) is 0 Å². The molecule has 8 heteroatoms. The molecule has 23 heavy (non-hydrogen) atoms. The Balaban J connectivity index is 2.04. The van der Waals surface area contributed by atoms with Crippen LogP contribution in [-0.4, -0.2) is 49.4 Å². The van der Waals surface area contributed by atoms with Crippen molar-refractivity contribution >= 4 is 11.9 Å². The molecule has 1 aromatic carbocycles. The maximum Gasteiger partial charge on any atom is 0.337 e. The van der Waals surface area contributed by atoms with E-state index in [2.05, 4.69) is 20.5 Å². The Kier molecular flexibility index (Phi) is 4.75. The number of nitrogens with one attached hydrogen (secondary N) is 2. The Bertz CT molecular complexity index is 707. The van der Waals surface area contributed by atoms with E-state index in [0.29, 0.717) is 11.4 Å². The number of aromatic nitrogens is 3. The van der Waals surface area contributed by atoms with E-state index in [4.69, 9.17) is 5.11 Å². The number of H-pyrrole nitrogens is 1. The van der Waals surface area contributed by atoms with Gasteiger partial charge in [0.1, 0.15) is 5.82 Å². The van der Waals surface area contributed by atoms with Gasteiger partial charge in [-0.1, -0.05) is 19.1 Å². The van der Waals surface area contributed by atoms with Crippen LogP contribution in [0.5, 0.6) is 0 Å². The van der Waals surface area contributed by atoms with Gasteiger partial charge in [0.05, 0.1) is 6.54 Å². The first-order chi connectivity index (χ1) is 10.8. The predicted octanol–water partition coefficient (Wildman–Crippen LogP) is 0.599. The average Bonchev–Trinajstić information content (AvgIpc) is 3.01. The SMILES string of the molecule is CCc1nc(-c2ccc(C(=O)NCC(C)(O)C(=O)O)cc2)n[nH]1. The third-order valence-electron chi connectivity index (χ3n) is 3.33. The lowest BCUT2D eigenvalue weighted by atomic mass is 10.1. The van der Waals surface area contributed by atoms with Crippen molar-refractivity contribution in [1.29, 1.82) is 0 Å². The van der Waals surface area contributed by atoms with Crippen molar-refractivity contribution in [3.8, 4) is 11.4 Å². The molecule has 0 aliphatic heterocycles. The summed E-state index contributed by atoms with van der Waals surface area (Å²) in [5.41, 5.74) is -0.901. The molecule has 2 aromatic rings. The van der Waals surface area contributed by atoms with Crippen LogP contribution in [0.2, 0.25) is 0 Å². The zero-order chi connectivity index (χ0) is 17.0. The predicted molar refractivity (Wildman–Crippen MR) is 81.8 cm³/mol. The van der Waals surface area contributed by atoms with Gasteiger partial charge in [0.15, 0.2) is 11.4 Å². The Morgan fingerprint density at radius 1 is 1.30 bits per heavy atom. The Hall–Kier alpha value is -2.74. The summed E-state index contributed by atoms with van der Waals surface area (Å²) in [5, 5.41) is 27.6. The molecule has 0 bridgehead atoms. The second kappa shape index (κ2) is 6.57. The molecule has 1 unspecified atom stereocenters. The fourth-order valence-electron chi connectivity index (χ4n) is 1.78. The summed E-state index contributed by atoms with van der Waals surface area (Å²) in [6.45, 7) is 2.70. The van der Waals surface area contributed by atoms with Gasteiger partial charge in [0.25, 0.3) is 5.91 Å². The number of rotatable bonds is 6. The summed E-state index contributed by atoms with van der Waals surface area (Å²) in [5.74, 6) is -0.549. The fourth-order valence-corrected chi connectivity index (χ4v) is 1.78. The summed E-state index contributed by atoms with van der Waals surface area (Å²) in [6.07, 6.45) is 0.747. The minimum Gasteiger partial charge on any atom is -0.479 e. The standard InChI is InChI=1S/C15H18N4O4/c1-3-11-17-12(19-18-11)9-4-6-10(7-5-9)13(20)16-8-15(2,23)14(21)22/h4-7,23H,3,8H2,1-2H3,(H,16,20)(H,21,22)(H,17,18,19). The van der Waals surface area contributed by atoms with Crippen molar-refractivity contribution < 1.29 is 19.8 Å². The monoisotopic (exact) mass is 318 g/mol. The minimum atomic E-state index is -2.01. The molecule has 0 spiro atoms. The fraction of sp³-hybridized carbons (Fsp3) is 0.333. The van der Waals surface area contributed by atoms with Crippen molar-refractivity contribution in [2.45, 2.75) is 25.9 Å². The normalized spacial score (nSPS) is 13.3. The van der Waals surface area contributed by atoms with Crippen molar-refractivity contribution in [3.05, 3.63) is 35.7 Å². The third kappa shape index (κ3) is 3.92. The van der Waals surface area contributed by atoms with Crippen LogP contribution in [0.25, 0.3) is 11.4 Å². The average molecular weight is 318 g/mol. The molecule has 0 aliphatic rings. The maximum absolute atomic E-state index is 12.0.